The first-order chi connectivity index (χ1) is 8.88. The van der Waals surface area contributed by atoms with Gasteiger partial charge in [0.15, 0.2) is 0 Å². The second-order valence-corrected chi connectivity index (χ2v) is 6.92. The zero-order valence-electron chi connectivity index (χ0n) is 12.4. The first-order valence-corrected chi connectivity index (χ1v) is 7.56. The SMILES string of the molecule is CC(C)(C)OC(=O)N1CCCCCC1C(O)C1CC1. The van der Waals surface area contributed by atoms with Crippen molar-refractivity contribution < 1.29 is 14.6 Å². The summed E-state index contributed by atoms with van der Waals surface area (Å²) in [6, 6.07) is -0.0511. The first-order valence-electron chi connectivity index (χ1n) is 7.56. The van der Waals surface area contributed by atoms with E-state index < -0.39 is 5.60 Å². The summed E-state index contributed by atoms with van der Waals surface area (Å²) in [7, 11) is 0. The lowest BCUT2D eigenvalue weighted by Gasteiger charge is -2.35. The molecule has 1 N–H and O–H groups in total. The van der Waals surface area contributed by atoms with E-state index in [0.29, 0.717) is 12.5 Å². The van der Waals surface area contributed by atoms with Crippen LogP contribution in [0.5, 0.6) is 0 Å². The molecule has 1 saturated carbocycles. The molecule has 1 aliphatic carbocycles. The topological polar surface area (TPSA) is 49.8 Å². The molecule has 0 radical (unpaired) electrons. The Morgan fingerprint density at radius 1 is 1.21 bits per heavy atom. The van der Waals surface area contributed by atoms with Gasteiger partial charge in [0.1, 0.15) is 5.60 Å². The highest BCUT2D eigenvalue weighted by molar-refractivity contribution is 5.68. The van der Waals surface area contributed by atoms with Crippen LogP contribution >= 0.6 is 0 Å². The Morgan fingerprint density at radius 3 is 2.47 bits per heavy atom. The molecule has 0 bridgehead atoms. The van der Waals surface area contributed by atoms with Crippen LogP contribution in [-0.2, 0) is 4.74 Å². The molecule has 4 nitrogen and oxygen atoms in total. The molecule has 2 fully saturated rings. The summed E-state index contributed by atoms with van der Waals surface area (Å²) < 4.78 is 5.49. The van der Waals surface area contributed by atoms with Crippen molar-refractivity contribution in [2.45, 2.75) is 77.0 Å². The van der Waals surface area contributed by atoms with Crippen LogP contribution in [0.4, 0.5) is 4.79 Å². The lowest BCUT2D eigenvalue weighted by Crippen LogP contribution is -2.49. The fourth-order valence-electron chi connectivity index (χ4n) is 2.79. The van der Waals surface area contributed by atoms with Crippen molar-refractivity contribution in [1.82, 2.24) is 4.90 Å². The highest BCUT2D eigenvalue weighted by atomic mass is 16.6. The smallest absolute Gasteiger partial charge is 0.410 e. The lowest BCUT2D eigenvalue weighted by atomic mass is 10.0. The van der Waals surface area contributed by atoms with Crippen molar-refractivity contribution in [2.75, 3.05) is 6.54 Å². The van der Waals surface area contributed by atoms with Gasteiger partial charge in [-0.1, -0.05) is 12.8 Å². The van der Waals surface area contributed by atoms with Gasteiger partial charge in [-0.2, -0.15) is 0 Å². The van der Waals surface area contributed by atoms with E-state index in [-0.39, 0.29) is 18.2 Å². The van der Waals surface area contributed by atoms with Gasteiger partial charge >= 0.3 is 6.09 Å². The van der Waals surface area contributed by atoms with Crippen molar-refractivity contribution in [3.05, 3.63) is 0 Å². The van der Waals surface area contributed by atoms with Crippen molar-refractivity contribution >= 4 is 6.09 Å². The summed E-state index contributed by atoms with van der Waals surface area (Å²) in [5.41, 5.74) is -0.474. The maximum Gasteiger partial charge on any atom is 0.410 e. The zero-order valence-corrected chi connectivity index (χ0v) is 12.4. The third kappa shape index (κ3) is 4.10. The summed E-state index contributed by atoms with van der Waals surface area (Å²) in [6.07, 6.45) is 5.69. The van der Waals surface area contributed by atoms with E-state index in [1.54, 1.807) is 4.90 Å². The highest BCUT2D eigenvalue weighted by Crippen LogP contribution is 2.37. The molecule has 19 heavy (non-hydrogen) atoms. The summed E-state index contributed by atoms with van der Waals surface area (Å²) in [5, 5.41) is 10.4. The number of rotatable bonds is 2. The van der Waals surface area contributed by atoms with E-state index in [9.17, 15) is 9.90 Å². The predicted molar refractivity (Wildman–Crippen MR) is 73.9 cm³/mol. The van der Waals surface area contributed by atoms with Crippen LogP contribution in [0.15, 0.2) is 0 Å². The summed E-state index contributed by atoms with van der Waals surface area (Å²) in [5.74, 6) is 0.396. The molecule has 0 aromatic rings. The largest absolute Gasteiger partial charge is 0.444 e. The fraction of sp³-hybridized carbons (Fsp3) is 0.933. The van der Waals surface area contributed by atoms with Gasteiger partial charge < -0.3 is 14.7 Å². The Bertz CT molecular complexity index is 320. The van der Waals surface area contributed by atoms with Crippen LogP contribution < -0.4 is 0 Å². The third-order valence-electron chi connectivity index (χ3n) is 3.93. The molecule has 2 rings (SSSR count). The summed E-state index contributed by atoms with van der Waals surface area (Å²) in [4.78, 5) is 14.1. The van der Waals surface area contributed by atoms with Gasteiger partial charge in [0.2, 0.25) is 0 Å². The second kappa shape index (κ2) is 5.70. The minimum Gasteiger partial charge on any atom is -0.444 e. The summed E-state index contributed by atoms with van der Waals surface area (Å²) >= 11 is 0. The van der Waals surface area contributed by atoms with Crippen LogP contribution in [0.1, 0.15) is 59.3 Å². The Morgan fingerprint density at radius 2 is 1.89 bits per heavy atom. The quantitative estimate of drug-likeness (QED) is 0.838. The van der Waals surface area contributed by atoms with Crippen molar-refractivity contribution in [1.29, 1.82) is 0 Å². The molecule has 1 heterocycles. The Hall–Kier alpha value is -0.770. The minimum atomic E-state index is -0.474. The standard InChI is InChI=1S/C15H27NO3/c1-15(2,3)19-14(18)16-10-6-4-5-7-12(16)13(17)11-8-9-11/h11-13,17H,4-10H2,1-3H3. The molecule has 1 amide bonds. The van der Waals surface area contributed by atoms with E-state index in [4.69, 9.17) is 4.74 Å². The molecule has 4 heteroatoms. The molecule has 0 aromatic carbocycles. The average molecular weight is 269 g/mol. The van der Waals surface area contributed by atoms with E-state index >= 15 is 0 Å². The van der Waals surface area contributed by atoms with Gasteiger partial charge in [0, 0.05) is 6.54 Å². The van der Waals surface area contributed by atoms with Crippen LogP contribution in [0.2, 0.25) is 0 Å². The first kappa shape index (κ1) is 14.6. The minimum absolute atomic E-state index is 0.0511. The normalized spacial score (nSPS) is 26.7. The van der Waals surface area contributed by atoms with Gasteiger partial charge in [-0.25, -0.2) is 4.79 Å². The van der Waals surface area contributed by atoms with Gasteiger partial charge in [-0.05, 0) is 52.4 Å². The van der Waals surface area contributed by atoms with Crippen molar-refractivity contribution in [3.8, 4) is 0 Å². The fourth-order valence-corrected chi connectivity index (χ4v) is 2.79. The van der Waals surface area contributed by atoms with Crippen LogP contribution in [0.25, 0.3) is 0 Å². The predicted octanol–water partition coefficient (Wildman–Crippen LogP) is 2.94. The average Bonchev–Trinajstić information content (AvgIpc) is 3.12. The molecule has 2 aliphatic rings. The monoisotopic (exact) mass is 269 g/mol. The van der Waals surface area contributed by atoms with Gasteiger partial charge in [0.05, 0.1) is 12.1 Å². The lowest BCUT2D eigenvalue weighted by molar-refractivity contribution is -0.00976. The zero-order chi connectivity index (χ0) is 14.0. The van der Waals surface area contributed by atoms with E-state index in [0.717, 1.165) is 38.5 Å². The Labute approximate surface area is 116 Å². The van der Waals surface area contributed by atoms with Gasteiger partial charge in [0.25, 0.3) is 0 Å². The van der Waals surface area contributed by atoms with Gasteiger partial charge in [-0.15, -0.1) is 0 Å². The van der Waals surface area contributed by atoms with Gasteiger partial charge in [-0.3, -0.25) is 0 Å². The van der Waals surface area contributed by atoms with Crippen LogP contribution in [0, 0.1) is 5.92 Å². The van der Waals surface area contributed by atoms with Crippen molar-refractivity contribution in [3.63, 3.8) is 0 Å². The molecular formula is C15H27NO3. The number of hydrogen-bond donors (Lipinski definition) is 1. The highest BCUT2D eigenvalue weighted by Gasteiger charge is 2.40. The number of amides is 1. The number of ether oxygens (including phenoxy) is 1. The molecule has 110 valence electrons. The maximum absolute atomic E-state index is 12.3. The van der Waals surface area contributed by atoms with E-state index in [1.165, 1.54) is 0 Å². The maximum atomic E-state index is 12.3. The second-order valence-electron chi connectivity index (χ2n) is 6.92. The Kier molecular flexibility index (Phi) is 4.39. The van der Waals surface area contributed by atoms with E-state index in [1.807, 2.05) is 20.8 Å². The number of carbonyl (C=O) groups is 1. The number of hydrogen-bond acceptors (Lipinski definition) is 3. The molecule has 2 unspecified atom stereocenters. The van der Waals surface area contributed by atoms with Crippen molar-refractivity contribution in [2.24, 2.45) is 5.92 Å². The number of nitrogens with zero attached hydrogens (tertiary/aromatic N) is 1. The number of carbonyl (C=O) groups excluding carboxylic acids is 1. The van der Waals surface area contributed by atoms with Crippen LogP contribution in [-0.4, -0.2) is 40.4 Å². The molecule has 2 atom stereocenters. The Balaban J connectivity index is 2.05. The third-order valence-corrected chi connectivity index (χ3v) is 3.93. The number of likely N-dealkylation sites (tertiary alicyclic amines) is 1. The summed E-state index contributed by atoms with van der Waals surface area (Å²) in [6.45, 7) is 6.36. The van der Waals surface area contributed by atoms with Crippen LogP contribution in [0.3, 0.4) is 0 Å². The molecule has 1 aliphatic heterocycles. The molecular weight excluding hydrogens is 242 g/mol. The number of aliphatic hydroxyl groups is 1. The number of aliphatic hydroxyl groups excluding tert-OH is 1. The molecule has 1 saturated heterocycles. The molecule has 0 spiro atoms. The van der Waals surface area contributed by atoms with E-state index in [2.05, 4.69) is 0 Å². The molecule has 0 aromatic heterocycles.